The van der Waals surface area contributed by atoms with Crippen LogP contribution in [0.4, 0.5) is 4.79 Å². The Morgan fingerprint density at radius 2 is 1.79 bits per heavy atom. The predicted molar refractivity (Wildman–Crippen MR) is 126 cm³/mol. The Balaban J connectivity index is 1.69. The minimum Gasteiger partial charge on any atom is -0.493 e. The third-order valence-electron chi connectivity index (χ3n) is 6.33. The lowest BCUT2D eigenvalue weighted by molar-refractivity contribution is 0.0993. The highest BCUT2D eigenvalue weighted by molar-refractivity contribution is 5.92. The number of carbonyl (C=O) groups is 2. The summed E-state index contributed by atoms with van der Waals surface area (Å²) in [7, 11) is 1.50. The Hall–Kier alpha value is -4.40. The number of carbonyl (C=O) groups excluding carboxylic acids is 1. The van der Waals surface area contributed by atoms with Gasteiger partial charge in [-0.3, -0.25) is 4.79 Å². The Morgan fingerprint density at radius 3 is 2.35 bits per heavy atom. The van der Waals surface area contributed by atoms with E-state index in [1.807, 2.05) is 54.6 Å². The summed E-state index contributed by atoms with van der Waals surface area (Å²) < 4.78 is 7.07. The lowest BCUT2D eigenvalue weighted by Gasteiger charge is -2.42. The highest BCUT2D eigenvalue weighted by Crippen LogP contribution is 2.42. The molecule has 172 valence electrons. The van der Waals surface area contributed by atoms with Crippen molar-refractivity contribution in [3.63, 3.8) is 0 Å². The number of amides is 2. The average molecular weight is 457 g/mol. The van der Waals surface area contributed by atoms with Crippen LogP contribution in [0.3, 0.4) is 0 Å². The second kappa shape index (κ2) is 8.18. The Bertz CT molecular complexity index is 1390. The van der Waals surface area contributed by atoms with E-state index in [0.717, 1.165) is 36.0 Å². The first-order valence-corrected chi connectivity index (χ1v) is 10.9. The number of methoxy groups -OCH3 is 1. The van der Waals surface area contributed by atoms with Crippen LogP contribution in [-0.2, 0) is 5.54 Å². The minimum absolute atomic E-state index is 0.0625. The summed E-state index contributed by atoms with van der Waals surface area (Å²) in [6.45, 7) is 0. The zero-order valence-corrected chi connectivity index (χ0v) is 18.5. The molecule has 0 unspecified atom stereocenters. The minimum atomic E-state index is -1.03. The normalized spacial score (nSPS) is 14.4. The van der Waals surface area contributed by atoms with Crippen molar-refractivity contribution in [1.82, 2.24) is 19.9 Å². The van der Waals surface area contributed by atoms with Crippen molar-refractivity contribution in [3.05, 3.63) is 71.9 Å². The van der Waals surface area contributed by atoms with Crippen LogP contribution in [0, 0.1) is 0 Å². The zero-order chi connectivity index (χ0) is 23.9. The van der Waals surface area contributed by atoms with Gasteiger partial charge in [-0.2, -0.15) is 5.10 Å². The Kier molecular flexibility index (Phi) is 5.16. The highest BCUT2D eigenvalue weighted by Gasteiger charge is 2.40. The van der Waals surface area contributed by atoms with Gasteiger partial charge in [0.05, 0.1) is 18.3 Å². The van der Waals surface area contributed by atoms with Crippen molar-refractivity contribution in [2.75, 3.05) is 7.11 Å². The molecule has 4 N–H and O–H groups in total. The van der Waals surface area contributed by atoms with Crippen molar-refractivity contribution in [3.8, 4) is 28.3 Å². The number of aromatic nitrogens is 3. The third-order valence-corrected chi connectivity index (χ3v) is 6.33. The van der Waals surface area contributed by atoms with Gasteiger partial charge in [0.15, 0.2) is 17.1 Å². The molecule has 0 saturated heterocycles. The second-order valence-corrected chi connectivity index (χ2v) is 8.32. The van der Waals surface area contributed by atoms with E-state index >= 15 is 0 Å². The molecule has 9 nitrogen and oxygen atoms in total. The second-order valence-electron chi connectivity index (χ2n) is 8.32. The molecule has 0 atom stereocenters. The summed E-state index contributed by atoms with van der Waals surface area (Å²) in [6, 6.07) is 18.8. The molecule has 1 aliphatic carbocycles. The number of nitrogens with one attached hydrogen (secondary N) is 1. The fourth-order valence-corrected chi connectivity index (χ4v) is 4.49. The van der Waals surface area contributed by atoms with Crippen molar-refractivity contribution in [2.24, 2.45) is 5.73 Å². The van der Waals surface area contributed by atoms with E-state index in [1.165, 1.54) is 13.2 Å². The average Bonchev–Trinajstić information content (AvgIpc) is 3.21. The molecule has 34 heavy (non-hydrogen) atoms. The zero-order valence-electron chi connectivity index (χ0n) is 18.5. The number of hydrogen-bond acceptors (Lipinski definition) is 5. The molecule has 4 aromatic rings. The molecular formula is C25H23N5O4. The summed E-state index contributed by atoms with van der Waals surface area (Å²) in [5.74, 6) is -0.293. The van der Waals surface area contributed by atoms with Gasteiger partial charge in [-0.25, -0.2) is 14.3 Å². The summed E-state index contributed by atoms with van der Waals surface area (Å²) in [5, 5.41) is 16.4. The number of benzene rings is 2. The van der Waals surface area contributed by atoms with Crippen LogP contribution in [0.15, 0.2) is 60.7 Å². The van der Waals surface area contributed by atoms with Gasteiger partial charge in [0.1, 0.15) is 5.69 Å². The van der Waals surface area contributed by atoms with E-state index in [1.54, 1.807) is 4.52 Å². The van der Waals surface area contributed by atoms with Gasteiger partial charge in [0.25, 0.3) is 5.91 Å². The van der Waals surface area contributed by atoms with Gasteiger partial charge in [0, 0.05) is 17.2 Å². The Labute approximate surface area is 195 Å². The van der Waals surface area contributed by atoms with Crippen molar-refractivity contribution < 1.29 is 19.4 Å². The number of hydrogen-bond donors (Lipinski definition) is 3. The fourth-order valence-electron chi connectivity index (χ4n) is 4.49. The van der Waals surface area contributed by atoms with E-state index in [9.17, 15) is 14.7 Å². The predicted octanol–water partition coefficient (Wildman–Crippen LogP) is 3.82. The maximum absolute atomic E-state index is 11.9. The van der Waals surface area contributed by atoms with E-state index < -0.39 is 17.5 Å². The largest absolute Gasteiger partial charge is 0.493 e. The number of carboxylic acid groups (broad SMARTS) is 1. The maximum atomic E-state index is 11.9. The van der Waals surface area contributed by atoms with Crippen molar-refractivity contribution in [2.45, 2.75) is 24.8 Å². The van der Waals surface area contributed by atoms with Crippen molar-refractivity contribution in [1.29, 1.82) is 0 Å². The maximum Gasteiger partial charge on any atom is 0.405 e. The molecule has 0 bridgehead atoms. The van der Waals surface area contributed by atoms with Gasteiger partial charge < -0.3 is 20.9 Å². The first-order valence-electron chi connectivity index (χ1n) is 10.9. The fraction of sp³-hybridized carbons (Fsp3) is 0.200. The monoisotopic (exact) mass is 457 g/mol. The van der Waals surface area contributed by atoms with Crippen LogP contribution in [-0.4, -0.2) is 38.8 Å². The number of nitrogens with zero attached hydrogens (tertiary/aromatic N) is 3. The van der Waals surface area contributed by atoms with Crippen LogP contribution in [0.5, 0.6) is 5.75 Å². The molecule has 1 fully saturated rings. The smallest absolute Gasteiger partial charge is 0.405 e. The first-order chi connectivity index (χ1) is 16.4. The molecule has 2 aromatic heterocycles. The number of nitrogens with two attached hydrogens (primary N) is 1. The molecule has 2 aromatic carbocycles. The number of rotatable bonds is 6. The van der Waals surface area contributed by atoms with Gasteiger partial charge in [-0.05, 0) is 24.8 Å². The molecule has 1 saturated carbocycles. The third kappa shape index (κ3) is 3.51. The summed E-state index contributed by atoms with van der Waals surface area (Å²) in [5.41, 5.74) is 9.40. The quantitative estimate of drug-likeness (QED) is 0.403. The molecule has 0 radical (unpaired) electrons. The topological polar surface area (TPSA) is 132 Å². The molecule has 9 heteroatoms. The van der Waals surface area contributed by atoms with Crippen molar-refractivity contribution >= 4 is 17.6 Å². The molecule has 2 heterocycles. The molecule has 5 rings (SSSR count). The summed E-state index contributed by atoms with van der Waals surface area (Å²) >= 11 is 0. The first kappa shape index (κ1) is 21.4. The Morgan fingerprint density at radius 1 is 1.09 bits per heavy atom. The molecule has 0 aliphatic heterocycles. The molecule has 0 spiro atoms. The van der Waals surface area contributed by atoms with Gasteiger partial charge in [0.2, 0.25) is 0 Å². The van der Waals surface area contributed by atoms with E-state index in [0.29, 0.717) is 22.8 Å². The number of imidazole rings is 1. The summed E-state index contributed by atoms with van der Waals surface area (Å²) in [4.78, 5) is 28.1. The number of fused-ring (bicyclic) bond motifs is 1. The van der Waals surface area contributed by atoms with Gasteiger partial charge in [-0.1, -0.05) is 54.6 Å². The molecule has 1 aliphatic rings. The van der Waals surface area contributed by atoms with Crippen LogP contribution in [0.25, 0.3) is 28.2 Å². The lowest BCUT2D eigenvalue weighted by Crippen LogP contribution is -2.50. The lowest BCUT2D eigenvalue weighted by atomic mass is 9.72. The van der Waals surface area contributed by atoms with Crippen LogP contribution < -0.4 is 15.8 Å². The molecular weight excluding hydrogens is 434 g/mol. The number of primary amides is 1. The number of ether oxygens (including phenoxy) is 1. The standard InChI is InChI=1S/C25H23N5O4/c1-34-19-14-18(22(26)31)29-30-21(16-6-3-2-4-7-16)20(27-23(19)30)15-8-10-17(11-9-15)25(12-5-13-25)28-24(32)33/h2-4,6-11,14,28H,5,12-13H2,1H3,(H2,26,31)(H,32,33). The van der Waals surface area contributed by atoms with Crippen LogP contribution in [0.1, 0.15) is 35.3 Å². The summed E-state index contributed by atoms with van der Waals surface area (Å²) in [6.07, 6.45) is 1.47. The van der Waals surface area contributed by atoms with Crippen LogP contribution >= 0.6 is 0 Å². The molecule has 2 amide bonds. The highest BCUT2D eigenvalue weighted by atomic mass is 16.5. The van der Waals surface area contributed by atoms with E-state index in [4.69, 9.17) is 15.5 Å². The SMILES string of the molecule is COc1cc(C(N)=O)nn2c(-c3ccccc3)c(-c3ccc(C4(NC(=O)O)CCC4)cc3)nc12. The van der Waals surface area contributed by atoms with E-state index in [-0.39, 0.29) is 5.69 Å². The van der Waals surface area contributed by atoms with Crippen LogP contribution in [0.2, 0.25) is 0 Å². The van der Waals surface area contributed by atoms with Gasteiger partial charge >= 0.3 is 6.09 Å². The van der Waals surface area contributed by atoms with E-state index in [2.05, 4.69) is 10.4 Å². The van der Waals surface area contributed by atoms with Gasteiger partial charge in [-0.15, -0.1) is 0 Å².